The molecule has 0 saturated carbocycles. The van der Waals surface area contributed by atoms with Crippen molar-refractivity contribution in [1.29, 1.82) is 0 Å². The van der Waals surface area contributed by atoms with Gasteiger partial charge in [-0.25, -0.2) is 9.18 Å². The van der Waals surface area contributed by atoms with E-state index in [1.54, 1.807) is 43.5 Å². The number of hydrogen-bond acceptors (Lipinski definition) is 8. The molecule has 5 rings (SSSR count). The number of nitrogens with zero attached hydrogens (tertiary/aromatic N) is 1. The maximum atomic E-state index is 12.7. The molecular weight excluding hydrogens is 1030 g/mol. The number of ether oxygens (including phenoxy) is 1. The van der Waals surface area contributed by atoms with Crippen LogP contribution in [0.1, 0.15) is 58.2 Å². The average molecular weight is 1050 g/mol. The number of methoxy groups -OCH3 is 1. The largest absolute Gasteiger partial charge is 0.497 e. The average Bonchev–Trinajstić information content (AvgIpc) is 3.22. The van der Waals surface area contributed by atoms with Crippen molar-refractivity contribution in [3.8, 4) is 5.75 Å². The molecule has 332 valence electrons. The number of allylic oxidation sites excluding steroid dienone is 1. The summed E-state index contributed by atoms with van der Waals surface area (Å²) in [5.41, 5.74) is 2.24. The molecule has 0 heterocycles. The van der Waals surface area contributed by atoms with Gasteiger partial charge in [0.2, 0.25) is 16.6 Å². The molecule has 0 bridgehead atoms. The number of alkyl halides is 5. The summed E-state index contributed by atoms with van der Waals surface area (Å²) in [7, 11) is 1.60. The van der Waals surface area contributed by atoms with Crippen molar-refractivity contribution in [3.05, 3.63) is 170 Å². The van der Waals surface area contributed by atoms with Crippen LogP contribution < -0.4 is 4.74 Å². The van der Waals surface area contributed by atoms with Gasteiger partial charge in [0.05, 0.1) is 34.0 Å². The third kappa shape index (κ3) is 23.3. The fourth-order valence-corrected chi connectivity index (χ4v) is 5.48. The Morgan fingerprint density at radius 2 is 1.32 bits per heavy atom. The quantitative estimate of drug-likeness (QED) is 0.0259. The Kier molecular flexibility index (Phi) is 26.3. The maximum Gasteiger partial charge on any atom is 0.416 e. The summed E-state index contributed by atoms with van der Waals surface area (Å²) in [6, 6.07) is 26.5. The van der Waals surface area contributed by atoms with Crippen LogP contribution in [0.25, 0.3) is 6.08 Å². The molecule has 0 N–H and O–H groups in total. The molecule has 0 aliphatic rings. The standard InChI is InChI=1S/C10H6ClF3O.C9H9ClO2.C8H5Cl3O.C8H4ClNO2.C7H2Cl3FO/c11-9(15)5-4-7-2-1-3-8(6-7)10(12,13)14;1-12-8-4-2-7(3-5-8)6-9(10)11;9-7(10)5-2-1-3-6(4-5)8(11)12;9-8(12)6-1-3-7(4-2-6)10-5-11;8-4-2-5(9)6(11)1-3(4)7(10)12/h1-6H;2-5H,6H2,1H3;1-4,7H;1-4H;1-2H/b5-4+;;;;. The normalized spacial score (nSPS) is 10.2. The second-order valence-corrected chi connectivity index (χ2v) is 15.1. The molecule has 0 atom stereocenters. The van der Waals surface area contributed by atoms with Crippen LogP contribution in [0.15, 0.2) is 120 Å². The first-order valence-corrected chi connectivity index (χ1v) is 20.2. The zero-order valence-electron chi connectivity index (χ0n) is 31.5. The molecule has 5 aromatic rings. The fourth-order valence-electron chi connectivity index (χ4n) is 4.07. The van der Waals surface area contributed by atoms with Crippen LogP contribution in [0.3, 0.4) is 0 Å². The molecular formula is C42H26Cl9F4NO7. The highest BCUT2D eigenvalue weighted by atomic mass is 35.5. The molecule has 0 unspecified atom stereocenters. The Labute approximate surface area is 402 Å². The molecule has 0 radical (unpaired) electrons. The Balaban J connectivity index is 0.000000395. The topological polar surface area (TPSA) is 124 Å². The van der Waals surface area contributed by atoms with E-state index in [1.807, 2.05) is 12.1 Å². The molecule has 0 fully saturated rings. The van der Waals surface area contributed by atoms with E-state index >= 15 is 0 Å². The van der Waals surface area contributed by atoms with Gasteiger partial charge in [-0.3, -0.25) is 24.0 Å². The fraction of sp³-hybridized carbons (Fsp3) is 0.0952. The van der Waals surface area contributed by atoms with Crippen molar-refractivity contribution in [3.63, 3.8) is 0 Å². The van der Waals surface area contributed by atoms with Crippen molar-refractivity contribution >= 4 is 148 Å². The summed E-state index contributed by atoms with van der Waals surface area (Å²) in [5, 5.41) is -3.02. The van der Waals surface area contributed by atoms with Gasteiger partial charge in [0, 0.05) is 17.5 Å². The van der Waals surface area contributed by atoms with Crippen molar-refractivity contribution in [2.75, 3.05) is 7.11 Å². The van der Waals surface area contributed by atoms with Gasteiger partial charge in [0.25, 0.3) is 15.7 Å². The lowest BCUT2D eigenvalue weighted by Crippen LogP contribution is -2.04. The van der Waals surface area contributed by atoms with Crippen molar-refractivity contribution < 1.29 is 51.1 Å². The predicted octanol–water partition coefficient (Wildman–Crippen LogP) is 14.6. The minimum Gasteiger partial charge on any atom is -0.497 e. The lowest BCUT2D eigenvalue weighted by atomic mass is 10.1. The number of carbonyl (C=O) groups excluding carboxylic acids is 6. The number of hydrogen-bond donors (Lipinski definition) is 0. The molecule has 0 aliphatic carbocycles. The van der Waals surface area contributed by atoms with Gasteiger partial charge in [-0.1, -0.05) is 71.7 Å². The smallest absolute Gasteiger partial charge is 0.416 e. The van der Waals surface area contributed by atoms with Gasteiger partial charge in [-0.15, -0.1) is 23.2 Å². The lowest BCUT2D eigenvalue weighted by molar-refractivity contribution is -0.137. The maximum absolute atomic E-state index is 12.7. The Morgan fingerprint density at radius 3 is 1.79 bits per heavy atom. The molecule has 8 nitrogen and oxygen atoms in total. The summed E-state index contributed by atoms with van der Waals surface area (Å²) in [5.74, 6) is 0.0610. The SMILES string of the molecule is COc1ccc(CC(=O)Cl)cc1.O=C(Cl)/C=C/c1cccc(C(F)(F)F)c1.O=C(Cl)c1cc(F)c(Cl)cc1Cl.O=C(Cl)c1cccc(C(Cl)Cl)c1.O=C=Nc1ccc(C(=O)Cl)cc1. The molecule has 0 amide bonds. The monoisotopic (exact) mass is 1050 g/mol. The van der Waals surface area contributed by atoms with E-state index < -0.39 is 43.4 Å². The third-order valence-corrected chi connectivity index (χ3v) is 8.99. The van der Waals surface area contributed by atoms with E-state index in [2.05, 4.69) is 4.99 Å². The summed E-state index contributed by atoms with van der Waals surface area (Å²) in [4.78, 5) is 65.3. The minimum absolute atomic E-state index is 0.0430. The van der Waals surface area contributed by atoms with Gasteiger partial charge in [0.15, 0.2) is 0 Å². The summed E-state index contributed by atoms with van der Waals surface area (Å²) in [6.45, 7) is 0. The van der Waals surface area contributed by atoms with Crippen LogP contribution in [0, 0.1) is 5.82 Å². The second-order valence-electron chi connectivity index (χ2n) is 11.4. The van der Waals surface area contributed by atoms with Crippen LogP contribution in [-0.4, -0.2) is 39.4 Å². The van der Waals surface area contributed by atoms with E-state index in [9.17, 15) is 46.3 Å². The highest BCUT2D eigenvalue weighted by Gasteiger charge is 2.30. The van der Waals surface area contributed by atoms with Crippen LogP contribution >= 0.6 is 104 Å². The minimum atomic E-state index is -4.38. The summed E-state index contributed by atoms with van der Waals surface area (Å²) < 4.78 is 54.4. The molecule has 0 saturated heterocycles. The second kappa shape index (κ2) is 29.2. The summed E-state index contributed by atoms with van der Waals surface area (Å²) >= 11 is 47.9. The first kappa shape index (κ1) is 56.7. The van der Waals surface area contributed by atoms with E-state index in [-0.39, 0.29) is 32.8 Å². The van der Waals surface area contributed by atoms with Crippen molar-refractivity contribution in [2.24, 2.45) is 4.99 Å². The number of aliphatic imine (C=N–C) groups is 1. The molecule has 5 aromatic carbocycles. The Morgan fingerprint density at radius 1 is 0.730 bits per heavy atom. The highest BCUT2D eigenvalue weighted by Crippen LogP contribution is 2.30. The number of rotatable bonds is 10. The van der Waals surface area contributed by atoms with Crippen LogP contribution in [0.4, 0.5) is 23.2 Å². The zero-order valence-corrected chi connectivity index (χ0v) is 38.4. The zero-order chi connectivity index (χ0) is 47.9. The number of isocyanates is 1. The molecule has 21 heteroatoms. The number of carbonyl (C=O) groups is 5. The molecule has 0 aliphatic heterocycles. The first-order valence-electron chi connectivity index (χ1n) is 16.6. The third-order valence-electron chi connectivity index (χ3n) is 6.98. The van der Waals surface area contributed by atoms with Gasteiger partial charge in [-0.2, -0.15) is 18.2 Å². The molecule has 63 heavy (non-hydrogen) atoms. The Bertz CT molecular complexity index is 2410. The van der Waals surface area contributed by atoms with Crippen LogP contribution in [-0.2, 0) is 27.0 Å². The van der Waals surface area contributed by atoms with Crippen molar-refractivity contribution in [2.45, 2.75) is 17.4 Å². The van der Waals surface area contributed by atoms with E-state index in [4.69, 9.17) is 109 Å². The van der Waals surface area contributed by atoms with Crippen LogP contribution in [0.2, 0.25) is 10.0 Å². The van der Waals surface area contributed by atoms with Crippen molar-refractivity contribution in [1.82, 2.24) is 0 Å². The van der Waals surface area contributed by atoms with Gasteiger partial charge < -0.3 is 4.74 Å². The van der Waals surface area contributed by atoms with Gasteiger partial charge in [0.1, 0.15) is 16.4 Å². The number of benzene rings is 5. The van der Waals surface area contributed by atoms with E-state index in [0.717, 1.165) is 41.7 Å². The summed E-state index contributed by atoms with van der Waals surface area (Å²) in [6.07, 6.45) is -0.497. The van der Waals surface area contributed by atoms with E-state index in [0.29, 0.717) is 22.4 Å². The predicted molar refractivity (Wildman–Crippen MR) is 241 cm³/mol. The van der Waals surface area contributed by atoms with Crippen LogP contribution in [0.5, 0.6) is 5.75 Å². The first-order chi connectivity index (χ1) is 29.5. The van der Waals surface area contributed by atoms with E-state index in [1.165, 1.54) is 48.6 Å². The highest BCUT2D eigenvalue weighted by molar-refractivity contribution is 6.69. The lowest BCUT2D eigenvalue weighted by Gasteiger charge is -2.06. The number of halogens is 13. The molecule has 0 aromatic heterocycles. The Hall–Kier alpha value is -4.30. The van der Waals surface area contributed by atoms with Gasteiger partial charge in [-0.05, 0) is 148 Å². The van der Waals surface area contributed by atoms with Gasteiger partial charge >= 0.3 is 6.18 Å². The molecule has 0 spiro atoms.